The standard InChI is InChI=1S/C37H53N5O5S/c1-4-27-28-13-14-30(46-2)29(34(28)40-37(27)48-3)23-41-19-17-25(21-41)20-39-31(43)8-6-5-7-18-38-36-35(47-36)26-11-9-24(10-12-26)22-42-32(44)15-16-33(42)45/h13-16,24-26,35-36,38,40H,4-12,17-23H2,1-3H3,(H,39,43)/t24?,25-,26?,35?,36?/m0/s1. The Morgan fingerprint density at radius 3 is 2.56 bits per heavy atom. The van der Waals surface area contributed by atoms with Gasteiger partial charge in [-0.15, -0.1) is 11.8 Å². The van der Waals surface area contributed by atoms with Crippen molar-refractivity contribution in [2.75, 3.05) is 46.1 Å². The summed E-state index contributed by atoms with van der Waals surface area (Å²) in [6.45, 7) is 7.25. The molecular weight excluding hydrogens is 627 g/mol. The van der Waals surface area contributed by atoms with Gasteiger partial charge in [0.15, 0.2) is 0 Å². The van der Waals surface area contributed by atoms with Crippen LogP contribution in [0.25, 0.3) is 10.9 Å². The number of H-pyrrole nitrogens is 1. The molecule has 11 heteroatoms. The number of carbonyl (C=O) groups excluding carboxylic acids is 3. The highest BCUT2D eigenvalue weighted by atomic mass is 32.2. The first-order chi connectivity index (χ1) is 23.4. The van der Waals surface area contributed by atoms with Gasteiger partial charge in [-0.1, -0.05) is 13.3 Å². The third-order valence-corrected chi connectivity index (χ3v) is 11.6. The molecule has 1 aliphatic carbocycles. The normalized spacial score (nSPS) is 25.8. The fraction of sp³-hybridized carbons (Fsp3) is 0.649. The Bertz CT molecular complexity index is 1470. The maximum absolute atomic E-state index is 12.6. The zero-order valence-electron chi connectivity index (χ0n) is 28.9. The minimum atomic E-state index is -0.177. The largest absolute Gasteiger partial charge is 0.496 e. The highest BCUT2D eigenvalue weighted by Crippen LogP contribution is 2.40. The molecule has 262 valence electrons. The summed E-state index contributed by atoms with van der Waals surface area (Å²) in [6, 6.07) is 4.29. The third-order valence-electron chi connectivity index (χ3n) is 10.9. The maximum Gasteiger partial charge on any atom is 0.253 e. The number of hydrogen-bond donors (Lipinski definition) is 3. The number of unbranched alkanes of at least 4 members (excludes halogenated alkanes) is 2. The lowest BCUT2D eigenvalue weighted by Gasteiger charge is -2.30. The summed E-state index contributed by atoms with van der Waals surface area (Å²) >= 11 is 1.77. The van der Waals surface area contributed by atoms with Gasteiger partial charge in [-0.25, -0.2) is 0 Å². The number of amides is 3. The van der Waals surface area contributed by atoms with Gasteiger partial charge in [0.2, 0.25) is 5.91 Å². The molecule has 2 saturated heterocycles. The van der Waals surface area contributed by atoms with Crippen molar-refractivity contribution in [2.45, 2.75) is 95.0 Å². The van der Waals surface area contributed by atoms with Crippen molar-refractivity contribution in [1.29, 1.82) is 0 Å². The second-order valence-electron chi connectivity index (χ2n) is 14.0. The van der Waals surface area contributed by atoms with Gasteiger partial charge >= 0.3 is 0 Å². The minimum absolute atomic E-state index is 0.144. The molecule has 4 heterocycles. The smallest absolute Gasteiger partial charge is 0.253 e. The zero-order chi connectivity index (χ0) is 33.6. The number of nitrogens with zero attached hydrogens (tertiary/aromatic N) is 2. The molecule has 0 bridgehead atoms. The Labute approximate surface area is 289 Å². The number of epoxide rings is 1. The van der Waals surface area contributed by atoms with Crippen LogP contribution in [0.1, 0.15) is 75.8 Å². The number of ether oxygens (including phenoxy) is 2. The van der Waals surface area contributed by atoms with E-state index >= 15 is 0 Å². The van der Waals surface area contributed by atoms with E-state index in [4.69, 9.17) is 9.47 Å². The number of benzene rings is 1. The van der Waals surface area contributed by atoms with E-state index < -0.39 is 0 Å². The number of aromatic nitrogens is 1. The monoisotopic (exact) mass is 679 g/mol. The van der Waals surface area contributed by atoms with Gasteiger partial charge in [-0.3, -0.25) is 29.5 Å². The fourth-order valence-corrected chi connectivity index (χ4v) is 8.75. The topological polar surface area (TPSA) is 119 Å². The van der Waals surface area contributed by atoms with Crippen molar-refractivity contribution in [2.24, 2.45) is 17.8 Å². The quantitative estimate of drug-likeness (QED) is 0.0925. The number of hydrogen-bond acceptors (Lipinski definition) is 8. The molecule has 0 spiro atoms. The van der Waals surface area contributed by atoms with Gasteiger partial charge in [0.25, 0.3) is 11.8 Å². The van der Waals surface area contributed by atoms with E-state index in [1.165, 1.54) is 44.1 Å². The molecule has 6 rings (SSSR count). The number of fused-ring (bicyclic) bond motifs is 1. The zero-order valence-corrected chi connectivity index (χ0v) is 29.7. The summed E-state index contributed by atoms with van der Waals surface area (Å²) in [5, 5.41) is 9.28. The number of nitrogens with one attached hydrogen (secondary N) is 3. The van der Waals surface area contributed by atoms with E-state index in [0.717, 1.165) is 96.3 Å². The Kier molecular flexibility index (Phi) is 11.8. The molecule has 2 aromatic rings. The molecule has 3 fully saturated rings. The van der Waals surface area contributed by atoms with Crippen LogP contribution in [-0.2, 0) is 32.1 Å². The number of imide groups is 1. The van der Waals surface area contributed by atoms with Crippen LogP contribution < -0.4 is 15.4 Å². The molecule has 10 nitrogen and oxygen atoms in total. The number of aryl methyl sites for hydroxylation is 1. The SMILES string of the molecule is CCc1c(SC)[nH]c2c(CN3CC[C@@H](CNC(=O)CCCCCNC4OC4C4CCC(CN5C(=O)C=CC5=O)CC4)C3)c(OC)ccc12. The van der Waals surface area contributed by atoms with Gasteiger partial charge in [0, 0.05) is 55.7 Å². The van der Waals surface area contributed by atoms with Crippen molar-refractivity contribution in [3.63, 3.8) is 0 Å². The van der Waals surface area contributed by atoms with E-state index in [0.29, 0.717) is 30.7 Å². The van der Waals surface area contributed by atoms with Gasteiger partial charge in [0.1, 0.15) is 18.1 Å². The van der Waals surface area contributed by atoms with Crippen LogP contribution >= 0.6 is 11.8 Å². The summed E-state index contributed by atoms with van der Waals surface area (Å²) in [5.74, 6) is 2.15. The molecule has 1 aromatic heterocycles. The second-order valence-corrected chi connectivity index (χ2v) is 14.9. The van der Waals surface area contributed by atoms with E-state index in [2.05, 4.69) is 45.8 Å². The van der Waals surface area contributed by atoms with E-state index in [1.54, 1.807) is 18.9 Å². The Balaban J connectivity index is 0.817. The first-order valence-corrected chi connectivity index (χ1v) is 19.3. The van der Waals surface area contributed by atoms with Gasteiger partial charge in [0.05, 0.1) is 17.7 Å². The maximum atomic E-state index is 12.6. The van der Waals surface area contributed by atoms with Crippen LogP contribution in [0.5, 0.6) is 5.75 Å². The lowest BCUT2D eigenvalue weighted by atomic mass is 9.80. The van der Waals surface area contributed by atoms with E-state index in [1.807, 2.05) is 0 Å². The molecule has 2 unspecified atom stereocenters. The Hall–Kier alpha value is -2.86. The Morgan fingerprint density at radius 2 is 1.83 bits per heavy atom. The summed E-state index contributed by atoms with van der Waals surface area (Å²) < 4.78 is 11.7. The van der Waals surface area contributed by atoms with Crippen LogP contribution in [0.2, 0.25) is 0 Å². The predicted octanol–water partition coefficient (Wildman–Crippen LogP) is 5.01. The van der Waals surface area contributed by atoms with Gasteiger partial charge in [-0.05, 0) is 106 Å². The molecule has 1 saturated carbocycles. The van der Waals surface area contributed by atoms with Crippen LogP contribution in [0.3, 0.4) is 0 Å². The van der Waals surface area contributed by atoms with Crippen LogP contribution in [0.4, 0.5) is 0 Å². The number of rotatable bonds is 17. The fourth-order valence-electron chi connectivity index (χ4n) is 8.05. The number of aromatic amines is 1. The number of methoxy groups -OCH3 is 1. The van der Waals surface area contributed by atoms with Crippen LogP contribution in [-0.4, -0.2) is 90.9 Å². The van der Waals surface area contributed by atoms with Crippen molar-refractivity contribution < 1.29 is 23.9 Å². The summed E-state index contributed by atoms with van der Waals surface area (Å²) in [5.41, 5.74) is 3.79. The second kappa shape index (κ2) is 16.2. The molecule has 3 amide bonds. The average molecular weight is 680 g/mol. The third kappa shape index (κ3) is 8.29. The molecule has 4 aliphatic rings. The number of carbonyl (C=O) groups is 3. The highest BCUT2D eigenvalue weighted by Gasteiger charge is 2.45. The van der Waals surface area contributed by atoms with Gasteiger partial charge in [-0.2, -0.15) is 0 Å². The minimum Gasteiger partial charge on any atom is -0.496 e. The summed E-state index contributed by atoms with van der Waals surface area (Å²) in [4.78, 5) is 43.8. The van der Waals surface area contributed by atoms with Gasteiger partial charge < -0.3 is 19.8 Å². The lowest BCUT2D eigenvalue weighted by molar-refractivity contribution is -0.137. The van der Waals surface area contributed by atoms with Crippen molar-refractivity contribution in [3.05, 3.63) is 35.4 Å². The molecule has 3 atom stereocenters. The molecule has 48 heavy (non-hydrogen) atoms. The predicted molar refractivity (Wildman–Crippen MR) is 189 cm³/mol. The van der Waals surface area contributed by atoms with Crippen molar-refractivity contribution >= 4 is 40.4 Å². The summed E-state index contributed by atoms with van der Waals surface area (Å²) in [7, 11) is 1.75. The molecular formula is C37H53N5O5S. The molecule has 0 radical (unpaired) electrons. The molecule has 3 N–H and O–H groups in total. The Morgan fingerprint density at radius 1 is 1.04 bits per heavy atom. The van der Waals surface area contributed by atoms with Crippen molar-refractivity contribution in [1.82, 2.24) is 25.4 Å². The van der Waals surface area contributed by atoms with E-state index in [-0.39, 0.29) is 30.1 Å². The summed E-state index contributed by atoms with van der Waals surface area (Å²) in [6.07, 6.45) is 15.2. The number of likely N-dealkylation sites (tertiary alicyclic amines) is 1. The lowest BCUT2D eigenvalue weighted by Crippen LogP contribution is -2.36. The molecule has 1 aromatic carbocycles. The van der Waals surface area contributed by atoms with Crippen molar-refractivity contribution in [3.8, 4) is 5.75 Å². The first-order valence-electron chi connectivity index (χ1n) is 18.0. The van der Waals surface area contributed by atoms with E-state index in [9.17, 15) is 14.4 Å². The van der Waals surface area contributed by atoms with Crippen LogP contribution in [0, 0.1) is 17.8 Å². The van der Waals surface area contributed by atoms with Crippen LogP contribution in [0.15, 0.2) is 29.3 Å². The molecule has 3 aliphatic heterocycles. The first kappa shape index (κ1) is 35.0. The average Bonchev–Trinajstić information content (AvgIpc) is 3.38. The number of thioether (sulfide) groups is 1. The highest BCUT2D eigenvalue weighted by molar-refractivity contribution is 7.98.